The number of carbonyl (C=O) groups is 11. The summed E-state index contributed by atoms with van der Waals surface area (Å²) < 4.78 is 0. The van der Waals surface area contributed by atoms with Crippen molar-refractivity contribution in [3.63, 3.8) is 0 Å². The molecule has 510 valence electrons. The van der Waals surface area contributed by atoms with Crippen molar-refractivity contribution < 1.29 is 57.8 Å². The van der Waals surface area contributed by atoms with Crippen LogP contribution in [0.2, 0.25) is 0 Å². The van der Waals surface area contributed by atoms with E-state index >= 15 is 14.4 Å². The summed E-state index contributed by atoms with van der Waals surface area (Å²) in [5.41, 5.74) is 0. The van der Waals surface area contributed by atoms with E-state index in [1.807, 2.05) is 82.2 Å². The van der Waals surface area contributed by atoms with Crippen LogP contribution < -0.4 is 21.3 Å². The lowest BCUT2D eigenvalue weighted by molar-refractivity contribution is -0.157. The van der Waals surface area contributed by atoms with Gasteiger partial charge in [-0.15, -0.1) is 0 Å². The topological polar surface area (TPSA) is 279 Å². The maximum atomic E-state index is 15.2. The van der Waals surface area contributed by atoms with Crippen LogP contribution in [0.1, 0.15) is 176 Å². The molecule has 0 spiro atoms. The van der Waals surface area contributed by atoms with Gasteiger partial charge >= 0.3 is 0 Å². The van der Waals surface area contributed by atoms with Crippen LogP contribution in [0.5, 0.6) is 0 Å². The van der Waals surface area contributed by atoms with Gasteiger partial charge in [-0.25, -0.2) is 0 Å². The van der Waals surface area contributed by atoms with Gasteiger partial charge in [0.1, 0.15) is 60.4 Å². The molecule has 0 aromatic heterocycles. The minimum atomic E-state index is -1.61. The van der Waals surface area contributed by atoms with Gasteiger partial charge in [-0.1, -0.05) is 129 Å². The number of aliphatic hydroxyl groups is 1. The fourth-order valence-corrected chi connectivity index (χ4v) is 11.6. The van der Waals surface area contributed by atoms with E-state index in [2.05, 4.69) is 21.3 Å². The van der Waals surface area contributed by atoms with Crippen molar-refractivity contribution in [3.8, 4) is 0 Å². The van der Waals surface area contributed by atoms with E-state index < -0.39 is 156 Å². The Hall–Kier alpha value is -6.13. The van der Waals surface area contributed by atoms with Crippen molar-refractivity contribution in [2.45, 2.75) is 243 Å². The highest BCUT2D eigenvalue weighted by molar-refractivity contribution is 5.99. The average Bonchev–Trinajstić information content (AvgIpc) is 0.956. The van der Waals surface area contributed by atoms with Gasteiger partial charge in [0, 0.05) is 49.3 Å². The molecule has 5 N–H and O–H groups in total. The number of rotatable bonds is 18. The Morgan fingerprint density at radius 2 is 0.865 bits per heavy atom. The van der Waals surface area contributed by atoms with Crippen molar-refractivity contribution >= 4 is 65.0 Å². The van der Waals surface area contributed by atoms with Crippen LogP contribution in [0.4, 0.5) is 0 Å². The predicted octanol–water partition coefficient (Wildman–Crippen LogP) is 4.69. The summed E-state index contributed by atoms with van der Waals surface area (Å²) in [6, 6.07) is -12.3. The van der Waals surface area contributed by atoms with E-state index in [-0.39, 0.29) is 68.1 Å². The molecule has 1 fully saturated rings. The summed E-state index contributed by atoms with van der Waals surface area (Å²) in [5.74, 6) is -9.66. The van der Waals surface area contributed by atoms with Gasteiger partial charge in [-0.2, -0.15) is 0 Å². The maximum absolute atomic E-state index is 15.2. The minimum absolute atomic E-state index is 0.0225. The summed E-state index contributed by atoms with van der Waals surface area (Å²) in [6.45, 7) is 32.0. The quantitative estimate of drug-likeness (QED) is 0.117. The minimum Gasteiger partial charge on any atom is -0.390 e. The van der Waals surface area contributed by atoms with Gasteiger partial charge in [-0.3, -0.25) is 52.7 Å². The Morgan fingerprint density at radius 3 is 1.33 bits per heavy atom. The van der Waals surface area contributed by atoms with Crippen LogP contribution >= 0.6 is 0 Å². The molecule has 23 nitrogen and oxygen atoms in total. The van der Waals surface area contributed by atoms with Gasteiger partial charge in [0.2, 0.25) is 65.0 Å². The van der Waals surface area contributed by atoms with E-state index in [0.29, 0.717) is 12.8 Å². The number of nitrogens with zero attached hydrogens (tertiary/aromatic N) is 7. The highest BCUT2D eigenvalue weighted by Gasteiger charge is 2.46. The summed E-state index contributed by atoms with van der Waals surface area (Å²) in [4.78, 5) is 171. The van der Waals surface area contributed by atoms with E-state index in [0.717, 1.165) is 9.80 Å². The molecule has 1 aliphatic heterocycles. The third kappa shape index (κ3) is 23.3. The first-order valence-electron chi connectivity index (χ1n) is 32.5. The lowest BCUT2D eigenvalue weighted by atomic mass is 9.91. The lowest BCUT2D eigenvalue weighted by Crippen LogP contribution is -2.63. The molecule has 0 radical (unpaired) electrons. The first-order chi connectivity index (χ1) is 41.1. The third-order valence-electron chi connectivity index (χ3n) is 17.2. The molecule has 1 heterocycles. The monoisotopic (exact) mass is 1260 g/mol. The van der Waals surface area contributed by atoms with Gasteiger partial charge in [-0.05, 0) is 106 Å². The first-order valence-corrected chi connectivity index (χ1v) is 32.5. The van der Waals surface area contributed by atoms with Crippen molar-refractivity contribution in [1.82, 2.24) is 55.6 Å². The zero-order chi connectivity index (χ0) is 69.0. The highest BCUT2D eigenvalue weighted by Crippen LogP contribution is 2.26. The molecule has 23 heteroatoms. The summed E-state index contributed by atoms with van der Waals surface area (Å²) in [6.07, 6.45) is 3.62. The zero-order valence-electron chi connectivity index (χ0n) is 59.1. The molecule has 0 saturated carbocycles. The molecule has 11 amide bonds. The fourth-order valence-electron chi connectivity index (χ4n) is 11.6. The molecule has 1 rings (SSSR count). The van der Waals surface area contributed by atoms with E-state index in [1.54, 1.807) is 47.6 Å². The van der Waals surface area contributed by atoms with Gasteiger partial charge < -0.3 is 60.7 Å². The van der Waals surface area contributed by atoms with E-state index in [1.165, 1.54) is 80.8 Å². The second kappa shape index (κ2) is 37.3. The average molecular weight is 1260 g/mol. The molecular formula is C66H119N11O12. The Morgan fingerprint density at radius 1 is 0.449 bits per heavy atom. The molecule has 13 atom stereocenters. The molecule has 1 unspecified atom stereocenters. The number of hydrogen-bond acceptors (Lipinski definition) is 12. The van der Waals surface area contributed by atoms with E-state index in [9.17, 15) is 43.5 Å². The zero-order valence-corrected chi connectivity index (χ0v) is 59.1. The Bertz CT molecular complexity index is 2410. The number of carbonyl (C=O) groups excluding carboxylic acids is 11. The number of likely N-dealkylation sites (N-methyl/N-ethyl adjacent to an activating group) is 7. The molecular weight excluding hydrogens is 1140 g/mol. The molecule has 0 aliphatic carbocycles. The number of aliphatic hydroxyl groups excluding tert-OH is 1. The van der Waals surface area contributed by atoms with E-state index in [4.69, 9.17) is 0 Å². The second-order valence-electron chi connectivity index (χ2n) is 27.7. The number of allylic oxidation sites excluding steroid dienone is 2. The third-order valence-corrected chi connectivity index (χ3v) is 17.2. The highest BCUT2D eigenvalue weighted by atomic mass is 16.3. The van der Waals surface area contributed by atoms with Crippen LogP contribution in [0.15, 0.2) is 12.2 Å². The predicted molar refractivity (Wildman–Crippen MR) is 347 cm³/mol. The van der Waals surface area contributed by atoms with Crippen LogP contribution in [0, 0.1) is 47.3 Å². The number of nitrogens with one attached hydrogen (secondary N) is 4. The maximum Gasteiger partial charge on any atom is 0.246 e. The Kier molecular flexibility index (Phi) is 33.9. The van der Waals surface area contributed by atoms with Crippen molar-refractivity contribution in [1.29, 1.82) is 0 Å². The SMILES string of the molecule is C/C=C/C[C@@H](C)[C@@H](O)[C@H]1C(=O)N[C@@H](CC)C(=O)N(C)CC(=O)N(C)[C@@H](C(C)CC)C(=O)N[C@@H](CC(C)C)C(=O)N(C)[C@@H](CC(C)C)C(=O)N[C@@H](CC(C)C)C(=O)N[C@H](C)C(=O)N(C)[C@@H](CC(C)C)C(=O)N(C)[C@@H](CC(C)C)C(=O)N(C)[C@@H](C(C)C)C(=O)N1C. The molecule has 0 aromatic rings. The lowest BCUT2D eigenvalue weighted by Gasteiger charge is -2.41. The first kappa shape index (κ1) is 80.9. The Labute approximate surface area is 534 Å². The van der Waals surface area contributed by atoms with Crippen molar-refractivity contribution in [3.05, 3.63) is 12.2 Å². The number of hydrogen-bond donors (Lipinski definition) is 5. The smallest absolute Gasteiger partial charge is 0.246 e. The van der Waals surface area contributed by atoms with Crippen LogP contribution in [-0.4, -0.2) is 227 Å². The molecule has 1 saturated heterocycles. The Balaban J connectivity index is 4.45. The van der Waals surface area contributed by atoms with Gasteiger partial charge in [0.05, 0.1) is 12.6 Å². The molecule has 89 heavy (non-hydrogen) atoms. The summed E-state index contributed by atoms with van der Waals surface area (Å²) >= 11 is 0. The number of amides is 11. The normalized spacial score (nSPS) is 26.6. The van der Waals surface area contributed by atoms with Gasteiger partial charge in [0.25, 0.3) is 0 Å². The summed E-state index contributed by atoms with van der Waals surface area (Å²) in [5, 5.41) is 23.5. The second-order valence-corrected chi connectivity index (χ2v) is 27.7. The van der Waals surface area contributed by atoms with Crippen LogP contribution in [0.3, 0.4) is 0 Å². The van der Waals surface area contributed by atoms with Crippen LogP contribution in [0.25, 0.3) is 0 Å². The standard InChI is InChI=1S/C66H119N11O12/c1-26-29-30-44(17)56(79)55-60(83)68-46(28-3)62(85)71(19)36-52(78)75(23)54(43(16)27-2)59(82)70-48(32-38(6)7)63(86)72(20)49(33-39(8)9)58(81)69-47(31-37(4)5)57(80)67-45(18)61(84)73(21)50(34-40(10)11)64(87)74(22)51(35-41(12)13)65(88)76(24)53(42(14)15)66(89)77(55)25/h26,29,37-51,53-56,79H,27-28,30-36H2,1-25H3,(H,67,80)(H,68,83)(H,69,81)(H,70,82)/b29-26+/t43?,44-,45-,46+,47+,48+,49+,50+,51+,53+,54+,55+,56-/m1/s1. The van der Waals surface area contributed by atoms with Crippen molar-refractivity contribution in [2.24, 2.45) is 47.3 Å². The molecule has 1 aliphatic rings. The van der Waals surface area contributed by atoms with Gasteiger partial charge in [0.15, 0.2) is 0 Å². The van der Waals surface area contributed by atoms with Crippen molar-refractivity contribution in [2.75, 3.05) is 55.9 Å². The molecule has 0 bridgehead atoms. The van der Waals surface area contributed by atoms with Crippen LogP contribution in [-0.2, 0) is 52.7 Å². The fraction of sp³-hybridized carbons (Fsp3) is 0.803. The largest absolute Gasteiger partial charge is 0.390 e. The molecule has 0 aromatic carbocycles. The summed E-state index contributed by atoms with van der Waals surface area (Å²) in [7, 11) is 10.0.